The number of rotatable bonds is 5. The van der Waals surface area contributed by atoms with Gasteiger partial charge in [0.2, 0.25) is 5.91 Å². The number of imidazole rings is 1. The van der Waals surface area contributed by atoms with E-state index in [-0.39, 0.29) is 17.9 Å². The van der Waals surface area contributed by atoms with Crippen molar-refractivity contribution in [2.75, 3.05) is 0 Å². The quantitative estimate of drug-likeness (QED) is 0.540. The molecule has 0 bridgehead atoms. The molecule has 1 aromatic heterocycles. The van der Waals surface area contributed by atoms with Crippen molar-refractivity contribution in [2.45, 2.75) is 26.3 Å². The van der Waals surface area contributed by atoms with Gasteiger partial charge in [-0.2, -0.15) is 0 Å². The highest BCUT2D eigenvalue weighted by Crippen LogP contribution is 2.22. The normalized spacial score (nSPS) is 12.6. The molecule has 136 valence electrons. The van der Waals surface area contributed by atoms with Gasteiger partial charge in [0.05, 0.1) is 23.5 Å². The first kappa shape index (κ1) is 17.3. The molecular formula is C23H23N3O. The Labute approximate surface area is 158 Å². The first-order valence-electron chi connectivity index (χ1n) is 9.32. The summed E-state index contributed by atoms with van der Waals surface area (Å²) in [4.78, 5) is 20.7. The highest BCUT2D eigenvalue weighted by Gasteiger charge is 2.21. The third kappa shape index (κ3) is 3.70. The second-order valence-corrected chi connectivity index (χ2v) is 7.29. The van der Waals surface area contributed by atoms with Gasteiger partial charge < -0.3 is 10.3 Å². The van der Waals surface area contributed by atoms with Crippen molar-refractivity contribution in [1.82, 2.24) is 15.3 Å². The van der Waals surface area contributed by atoms with Crippen LogP contribution in [0.4, 0.5) is 0 Å². The van der Waals surface area contributed by atoms with E-state index in [1.54, 1.807) is 0 Å². The van der Waals surface area contributed by atoms with E-state index in [2.05, 4.69) is 53.4 Å². The van der Waals surface area contributed by atoms with Crippen LogP contribution in [0.5, 0.6) is 0 Å². The van der Waals surface area contributed by atoms with E-state index in [1.807, 2.05) is 42.5 Å². The topological polar surface area (TPSA) is 57.8 Å². The van der Waals surface area contributed by atoms with E-state index in [9.17, 15) is 4.79 Å². The van der Waals surface area contributed by atoms with Crippen LogP contribution in [0.3, 0.4) is 0 Å². The average molecular weight is 357 g/mol. The number of nitrogens with one attached hydrogen (secondary N) is 2. The van der Waals surface area contributed by atoms with Crippen LogP contribution in [0.1, 0.15) is 31.3 Å². The molecule has 4 rings (SSSR count). The summed E-state index contributed by atoms with van der Waals surface area (Å²) in [5.41, 5.74) is 2.92. The molecular weight excluding hydrogens is 334 g/mol. The number of para-hydroxylation sites is 2. The summed E-state index contributed by atoms with van der Waals surface area (Å²) in [7, 11) is 0. The zero-order chi connectivity index (χ0) is 18.8. The van der Waals surface area contributed by atoms with Crippen LogP contribution >= 0.6 is 0 Å². The molecule has 0 fully saturated rings. The molecule has 2 N–H and O–H groups in total. The first-order valence-corrected chi connectivity index (χ1v) is 9.32. The van der Waals surface area contributed by atoms with Gasteiger partial charge in [0.1, 0.15) is 5.82 Å². The Morgan fingerprint density at radius 3 is 2.52 bits per heavy atom. The van der Waals surface area contributed by atoms with Gasteiger partial charge in [-0.25, -0.2) is 4.98 Å². The van der Waals surface area contributed by atoms with Gasteiger partial charge in [-0.3, -0.25) is 4.79 Å². The molecule has 0 saturated heterocycles. The minimum Gasteiger partial charge on any atom is -0.346 e. The molecule has 0 saturated carbocycles. The lowest BCUT2D eigenvalue weighted by atomic mass is 10.0. The summed E-state index contributed by atoms with van der Waals surface area (Å²) in [5, 5.41) is 5.50. The Bertz CT molecular complexity index is 1060. The van der Waals surface area contributed by atoms with E-state index in [0.29, 0.717) is 6.42 Å². The summed E-state index contributed by atoms with van der Waals surface area (Å²) in [6.07, 6.45) is 0.355. The fourth-order valence-electron chi connectivity index (χ4n) is 3.43. The number of aromatic nitrogens is 2. The van der Waals surface area contributed by atoms with Crippen molar-refractivity contribution in [2.24, 2.45) is 5.92 Å². The zero-order valence-electron chi connectivity index (χ0n) is 15.6. The lowest BCUT2D eigenvalue weighted by Gasteiger charge is -2.20. The number of amides is 1. The molecule has 0 radical (unpaired) electrons. The maximum Gasteiger partial charge on any atom is 0.225 e. The minimum absolute atomic E-state index is 0.00411. The standard InChI is InChI=1S/C23H23N3O/c1-15(2)22(23-24-19-9-5-6-10-20(19)25-23)26-21(27)14-16-11-12-17-7-3-4-8-18(17)13-16/h3-13,15,22H,14H2,1-2H3,(H,24,25)(H,26,27)/t22-/m0/s1. The average Bonchev–Trinajstić information content (AvgIpc) is 3.09. The van der Waals surface area contributed by atoms with Gasteiger partial charge in [0, 0.05) is 0 Å². The lowest BCUT2D eigenvalue weighted by Crippen LogP contribution is -2.33. The van der Waals surface area contributed by atoms with Crippen LogP contribution in [0.15, 0.2) is 66.7 Å². The van der Waals surface area contributed by atoms with Gasteiger partial charge in [0.15, 0.2) is 0 Å². The number of hydrogen-bond donors (Lipinski definition) is 2. The molecule has 1 amide bonds. The number of nitrogens with zero attached hydrogens (tertiary/aromatic N) is 1. The van der Waals surface area contributed by atoms with Gasteiger partial charge in [-0.1, -0.05) is 68.4 Å². The number of hydrogen-bond acceptors (Lipinski definition) is 2. The Morgan fingerprint density at radius 2 is 1.74 bits per heavy atom. The fourth-order valence-corrected chi connectivity index (χ4v) is 3.43. The molecule has 4 aromatic rings. The van der Waals surface area contributed by atoms with Crippen LogP contribution < -0.4 is 5.32 Å². The molecule has 4 nitrogen and oxygen atoms in total. The van der Waals surface area contributed by atoms with Gasteiger partial charge >= 0.3 is 0 Å². The third-order valence-electron chi connectivity index (χ3n) is 4.86. The maximum absolute atomic E-state index is 12.7. The lowest BCUT2D eigenvalue weighted by molar-refractivity contribution is -0.121. The van der Waals surface area contributed by atoms with Crippen LogP contribution in [-0.2, 0) is 11.2 Å². The number of carbonyl (C=O) groups excluding carboxylic acids is 1. The van der Waals surface area contributed by atoms with Gasteiger partial charge in [-0.15, -0.1) is 0 Å². The van der Waals surface area contributed by atoms with Crippen molar-refractivity contribution in [1.29, 1.82) is 0 Å². The number of fused-ring (bicyclic) bond motifs is 2. The van der Waals surface area contributed by atoms with Crippen molar-refractivity contribution >= 4 is 27.7 Å². The number of H-pyrrole nitrogens is 1. The molecule has 0 aliphatic heterocycles. The Balaban J connectivity index is 1.53. The summed E-state index contributed by atoms with van der Waals surface area (Å²) in [6.45, 7) is 4.18. The molecule has 3 aromatic carbocycles. The summed E-state index contributed by atoms with van der Waals surface area (Å²) in [6, 6.07) is 22.1. The Morgan fingerprint density at radius 1 is 1.00 bits per heavy atom. The van der Waals surface area contributed by atoms with E-state index in [4.69, 9.17) is 0 Å². The molecule has 27 heavy (non-hydrogen) atoms. The van der Waals surface area contributed by atoms with Crippen molar-refractivity contribution in [3.8, 4) is 0 Å². The second-order valence-electron chi connectivity index (χ2n) is 7.29. The van der Waals surface area contributed by atoms with Crippen LogP contribution in [0.2, 0.25) is 0 Å². The monoisotopic (exact) mass is 357 g/mol. The fraction of sp³-hybridized carbons (Fsp3) is 0.217. The first-order chi connectivity index (χ1) is 13.1. The Hall–Kier alpha value is -3.14. The molecule has 1 heterocycles. The molecule has 0 spiro atoms. The second kappa shape index (κ2) is 7.23. The van der Waals surface area contributed by atoms with Crippen molar-refractivity contribution in [3.05, 3.63) is 78.1 Å². The molecule has 0 aliphatic rings. The zero-order valence-corrected chi connectivity index (χ0v) is 15.6. The van der Waals surface area contributed by atoms with E-state index in [1.165, 1.54) is 5.39 Å². The number of benzene rings is 3. The molecule has 0 aliphatic carbocycles. The third-order valence-corrected chi connectivity index (χ3v) is 4.86. The highest BCUT2D eigenvalue weighted by atomic mass is 16.1. The maximum atomic E-state index is 12.7. The van der Waals surface area contributed by atoms with E-state index in [0.717, 1.165) is 27.8 Å². The predicted octanol–water partition coefficient (Wildman–Crippen LogP) is 4.77. The smallest absolute Gasteiger partial charge is 0.225 e. The predicted molar refractivity (Wildman–Crippen MR) is 109 cm³/mol. The molecule has 4 heteroatoms. The summed E-state index contributed by atoms with van der Waals surface area (Å²) < 4.78 is 0. The molecule has 1 atom stereocenters. The van der Waals surface area contributed by atoms with E-state index >= 15 is 0 Å². The van der Waals surface area contributed by atoms with Gasteiger partial charge in [-0.05, 0) is 34.4 Å². The van der Waals surface area contributed by atoms with Crippen molar-refractivity contribution in [3.63, 3.8) is 0 Å². The SMILES string of the molecule is CC(C)[C@H](NC(=O)Cc1ccc2ccccc2c1)c1nc2ccccc2[nH]1. The summed E-state index contributed by atoms with van der Waals surface area (Å²) in [5.74, 6) is 1.04. The van der Waals surface area contributed by atoms with Crippen LogP contribution in [0.25, 0.3) is 21.8 Å². The summed E-state index contributed by atoms with van der Waals surface area (Å²) >= 11 is 0. The minimum atomic E-state index is -0.148. The largest absolute Gasteiger partial charge is 0.346 e. The highest BCUT2D eigenvalue weighted by molar-refractivity contribution is 5.85. The van der Waals surface area contributed by atoms with Crippen molar-refractivity contribution < 1.29 is 4.79 Å². The molecule has 0 unspecified atom stereocenters. The van der Waals surface area contributed by atoms with Crippen LogP contribution in [0, 0.1) is 5.92 Å². The van der Waals surface area contributed by atoms with Crippen LogP contribution in [-0.4, -0.2) is 15.9 Å². The van der Waals surface area contributed by atoms with E-state index < -0.39 is 0 Å². The Kier molecular flexibility index (Phi) is 4.63. The van der Waals surface area contributed by atoms with Gasteiger partial charge in [0.25, 0.3) is 0 Å². The number of carbonyl (C=O) groups is 1. The number of aromatic amines is 1.